The average molecular weight is 530 g/mol. The van der Waals surface area contributed by atoms with Gasteiger partial charge >= 0.3 is 0 Å². The number of ether oxygens (including phenoxy) is 3. The topological polar surface area (TPSA) is 82.8 Å². The first-order valence-corrected chi connectivity index (χ1v) is 10.4. The first-order valence-electron chi connectivity index (χ1n) is 9.31. The predicted molar refractivity (Wildman–Crippen MR) is 126 cm³/mol. The molecule has 31 heavy (non-hydrogen) atoms. The molecule has 0 atom stereocenters. The number of amides is 1. The highest BCUT2D eigenvalue weighted by Crippen LogP contribution is 2.41. The summed E-state index contributed by atoms with van der Waals surface area (Å²) in [6.45, 7) is 0. The van der Waals surface area contributed by atoms with Crippen LogP contribution in [0.5, 0.6) is 17.2 Å². The molecule has 0 aliphatic carbocycles. The number of nitrogens with one attached hydrogen (secondary N) is 1. The molecule has 0 radical (unpaired) electrons. The molecule has 1 heterocycles. The van der Waals surface area contributed by atoms with Gasteiger partial charge in [-0.2, -0.15) is 0 Å². The van der Waals surface area contributed by atoms with Crippen molar-refractivity contribution in [3.8, 4) is 28.7 Å². The van der Waals surface area contributed by atoms with E-state index in [1.54, 1.807) is 57.7 Å². The molecule has 0 saturated heterocycles. The number of nitrogens with zero attached hydrogens (tertiary/aromatic N) is 1. The van der Waals surface area contributed by atoms with E-state index in [0.29, 0.717) is 51.1 Å². The largest absolute Gasteiger partial charge is 0.493 e. The van der Waals surface area contributed by atoms with Crippen molar-refractivity contribution in [1.29, 1.82) is 0 Å². The molecular formula is C23H19IN2O5. The number of oxazole rings is 1. The molecule has 3 aromatic carbocycles. The Morgan fingerprint density at radius 1 is 0.968 bits per heavy atom. The van der Waals surface area contributed by atoms with Crippen molar-refractivity contribution >= 4 is 45.3 Å². The minimum Gasteiger partial charge on any atom is -0.493 e. The van der Waals surface area contributed by atoms with Crippen molar-refractivity contribution in [2.75, 3.05) is 26.6 Å². The standard InChI is InChI=1S/C23H19IN2O5/c1-28-19-10-13(11-20(29-2)21(19)30-3)23-26-17-12-14(8-9-18(17)31-23)25-22(27)15-6-4-5-7-16(15)24/h4-12H,1-3H3,(H,25,27). The number of fused-ring (bicyclic) bond motifs is 1. The summed E-state index contributed by atoms with van der Waals surface area (Å²) in [5.74, 6) is 1.72. The molecule has 4 aromatic rings. The van der Waals surface area contributed by atoms with Gasteiger partial charge in [0.15, 0.2) is 17.1 Å². The van der Waals surface area contributed by atoms with E-state index in [2.05, 4.69) is 32.9 Å². The van der Waals surface area contributed by atoms with Crippen LogP contribution in [0, 0.1) is 3.57 Å². The number of anilines is 1. The SMILES string of the molecule is COc1cc(-c2nc3cc(NC(=O)c4ccccc4I)ccc3o2)cc(OC)c1OC. The molecule has 1 N–H and O–H groups in total. The number of hydrogen-bond donors (Lipinski definition) is 1. The lowest BCUT2D eigenvalue weighted by molar-refractivity contribution is 0.102. The lowest BCUT2D eigenvalue weighted by atomic mass is 10.2. The van der Waals surface area contributed by atoms with Crippen molar-refractivity contribution < 1.29 is 23.4 Å². The van der Waals surface area contributed by atoms with E-state index in [-0.39, 0.29) is 5.91 Å². The van der Waals surface area contributed by atoms with Crippen LogP contribution in [0.25, 0.3) is 22.6 Å². The molecule has 8 heteroatoms. The Labute approximate surface area is 192 Å². The molecule has 0 saturated carbocycles. The summed E-state index contributed by atoms with van der Waals surface area (Å²) in [5, 5.41) is 2.91. The molecule has 0 aliphatic rings. The fraction of sp³-hybridized carbons (Fsp3) is 0.130. The number of carbonyl (C=O) groups excluding carboxylic acids is 1. The molecule has 4 rings (SSSR count). The quantitative estimate of drug-likeness (QED) is 0.338. The lowest BCUT2D eigenvalue weighted by Gasteiger charge is -2.12. The van der Waals surface area contributed by atoms with E-state index >= 15 is 0 Å². The zero-order valence-electron chi connectivity index (χ0n) is 17.1. The van der Waals surface area contributed by atoms with Crippen molar-refractivity contribution in [2.45, 2.75) is 0 Å². The highest BCUT2D eigenvalue weighted by atomic mass is 127. The van der Waals surface area contributed by atoms with Gasteiger partial charge in [0.2, 0.25) is 11.6 Å². The van der Waals surface area contributed by atoms with Crippen LogP contribution in [0.15, 0.2) is 59.0 Å². The third kappa shape index (κ3) is 4.15. The average Bonchev–Trinajstić information content (AvgIpc) is 3.21. The van der Waals surface area contributed by atoms with E-state index in [4.69, 9.17) is 18.6 Å². The van der Waals surface area contributed by atoms with Crippen LogP contribution in [0.2, 0.25) is 0 Å². The number of carbonyl (C=O) groups is 1. The number of benzene rings is 3. The Morgan fingerprint density at radius 3 is 2.32 bits per heavy atom. The highest BCUT2D eigenvalue weighted by molar-refractivity contribution is 14.1. The third-order valence-electron chi connectivity index (χ3n) is 4.68. The Kier molecular flexibility index (Phi) is 5.99. The summed E-state index contributed by atoms with van der Waals surface area (Å²) in [6.07, 6.45) is 0. The fourth-order valence-electron chi connectivity index (χ4n) is 3.18. The van der Waals surface area contributed by atoms with Gasteiger partial charge in [0.1, 0.15) is 5.52 Å². The van der Waals surface area contributed by atoms with Crippen LogP contribution in [-0.2, 0) is 0 Å². The van der Waals surface area contributed by atoms with Crippen molar-refractivity contribution in [3.05, 3.63) is 63.7 Å². The maximum absolute atomic E-state index is 12.6. The number of aromatic nitrogens is 1. The Hall–Kier alpha value is -3.27. The van der Waals surface area contributed by atoms with Gasteiger partial charge in [-0.25, -0.2) is 4.98 Å². The van der Waals surface area contributed by atoms with Gasteiger partial charge in [-0.15, -0.1) is 0 Å². The van der Waals surface area contributed by atoms with E-state index < -0.39 is 0 Å². The number of hydrogen-bond acceptors (Lipinski definition) is 6. The molecule has 0 spiro atoms. The molecule has 1 aromatic heterocycles. The molecule has 0 aliphatic heterocycles. The van der Waals surface area contributed by atoms with Crippen LogP contribution in [0.4, 0.5) is 5.69 Å². The number of halogens is 1. The second-order valence-electron chi connectivity index (χ2n) is 6.55. The van der Waals surface area contributed by atoms with Gasteiger partial charge in [0.05, 0.1) is 26.9 Å². The zero-order valence-corrected chi connectivity index (χ0v) is 19.2. The molecule has 1 amide bonds. The van der Waals surface area contributed by atoms with Gasteiger partial charge in [-0.1, -0.05) is 12.1 Å². The summed E-state index contributed by atoms with van der Waals surface area (Å²) < 4.78 is 23.0. The third-order valence-corrected chi connectivity index (χ3v) is 5.62. The first kappa shape index (κ1) is 21.0. The molecule has 158 valence electrons. The number of rotatable bonds is 6. The minimum absolute atomic E-state index is 0.183. The summed E-state index contributed by atoms with van der Waals surface area (Å²) in [7, 11) is 4.65. The predicted octanol–water partition coefficient (Wildman–Crippen LogP) is 5.38. The van der Waals surface area contributed by atoms with Crippen LogP contribution in [-0.4, -0.2) is 32.2 Å². The van der Waals surface area contributed by atoms with E-state index in [0.717, 1.165) is 3.57 Å². The second-order valence-corrected chi connectivity index (χ2v) is 7.71. The molecule has 0 bridgehead atoms. The lowest BCUT2D eigenvalue weighted by Crippen LogP contribution is -2.13. The van der Waals surface area contributed by atoms with Crippen molar-refractivity contribution in [2.24, 2.45) is 0 Å². The van der Waals surface area contributed by atoms with E-state index in [1.165, 1.54) is 0 Å². The molecule has 0 unspecified atom stereocenters. The van der Waals surface area contributed by atoms with E-state index in [9.17, 15) is 4.79 Å². The van der Waals surface area contributed by atoms with Crippen LogP contribution >= 0.6 is 22.6 Å². The van der Waals surface area contributed by atoms with Crippen molar-refractivity contribution in [1.82, 2.24) is 4.98 Å². The Bertz CT molecular complexity index is 1240. The van der Waals surface area contributed by atoms with E-state index in [1.807, 2.05) is 18.2 Å². The molecule has 0 fully saturated rings. The normalized spacial score (nSPS) is 10.7. The summed E-state index contributed by atoms with van der Waals surface area (Å²) in [5.41, 5.74) is 3.12. The van der Waals surface area contributed by atoms with Crippen LogP contribution < -0.4 is 19.5 Å². The monoisotopic (exact) mass is 530 g/mol. The van der Waals surface area contributed by atoms with Crippen molar-refractivity contribution in [3.63, 3.8) is 0 Å². The van der Waals surface area contributed by atoms with Gasteiger partial charge in [-0.05, 0) is 65.1 Å². The van der Waals surface area contributed by atoms with Gasteiger partial charge in [0, 0.05) is 14.8 Å². The Balaban J connectivity index is 1.67. The summed E-state index contributed by atoms with van der Waals surface area (Å²) >= 11 is 2.14. The molecule has 7 nitrogen and oxygen atoms in total. The molecular weight excluding hydrogens is 511 g/mol. The van der Waals surface area contributed by atoms with Crippen LogP contribution in [0.1, 0.15) is 10.4 Å². The Morgan fingerprint density at radius 2 is 1.68 bits per heavy atom. The van der Waals surface area contributed by atoms with Gasteiger partial charge in [-0.3, -0.25) is 4.79 Å². The second kappa shape index (κ2) is 8.84. The maximum atomic E-state index is 12.6. The summed E-state index contributed by atoms with van der Waals surface area (Å²) in [4.78, 5) is 17.2. The summed E-state index contributed by atoms with van der Waals surface area (Å²) in [6, 6.07) is 16.3. The van der Waals surface area contributed by atoms with Gasteiger partial charge < -0.3 is 23.9 Å². The zero-order chi connectivity index (χ0) is 22.0. The van der Waals surface area contributed by atoms with Gasteiger partial charge in [0.25, 0.3) is 5.91 Å². The smallest absolute Gasteiger partial charge is 0.256 e. The minimum atomic E-state index is -0.183. The first-order chi connectivity index (χ1) is 15.0. The number of methoxy groups -OCH3 is 3. The van der Waals surface area contributed by atoms with Crippen LogP contribution in [0.3, 0.4) is 0 Å². The highest BCUT2D eigenvalue weighted by Gasteiger charge is 2.18. The fourth-order valence-corrected chi connectivity index (χ4v) is 3.81. The maximum Gasteiger partial charge on any atom is 0.256 e.